The van der Waals surface area contributed by atoms with Gasteiger partial charge in [-0.05, 0) is 41.8 Å². The zero-order chi connectivity index (χ0) is 14.7. The fraction of sp³-hybridized carbons (Fsp3) is 0.200. The molecule has 0 bridgehead atoms. The van der Waals surface area contributed by atoms with Gasteiger partial charge in [0.05, 0.1) is 5.39 Å². The molecule has 0 radical (unpaired) electrons. The number of nitrogens with zero attached hydrogens (tertiary/aromatic N) is 4. The first-order valence-corrected chi connectivity index (χ1v) is 7.10. The van der Waals surface area contributed by atoms with E-state index in [1.54, 1.807) is 6.20 Å². The Morgan fingerprint density at radius 1 is 1.10 bits per heavy atom. The lowest BCUT2D eigenvalue weighted by molar-refractivity contribution is 0.964. The number of rotatable bonds is 4. The molecule has 0 amide bonds. The lowest BCUT2D eigenvalue weighted by Gasteiger charge is -2.10. The third-order valence-electron chi connectivity index (χ3n) is 3.21. The van der Waals surface area contributed by atoms with Crippen molar-refractivity contribution in [1.82, 2.24) is 19.9 Å². The number of hydrogen-bond donors (Lipinski definition) is 1. The number of anilines is 1. The van der Waals surface area contributed by atoms with E-state index in [0.29, 0.717) is 18.0 Å². The van der Waals surface area contributed by atoms with Gasteiger partial charge < -0.3 is 5.32 Å². The Balaban J connectivity index is 1.92. The molecule has 0 aliphatic carbocycles. The average molecular weight is 300 g/mol. The van der Waals surface area contributed by atoms with E-state index < -0.39 is 0 Å². The molecule has 0 aromatic carbocycles. The zero-order valence-corrected chi connectivity index (χ0v) is 12.3. The topological polar surface area (TPSA) is 63.6 Å². The van der Waals surface area contributed by atoms with Crippen LogP contribution in [-0.4, -0.2) is 19.9 Å². The maximum absolute atomic E-state index is 5.95. The summed E-state index contributed by atoms with van der Waals surface area (Å²) in [6.07, 6.45) is 4.39. The molecule has 3 rings (SSSR count). The predicted molar refractivity (Wildman–Crippen MR) is 83.3 cm³/mol. The SMILES string of the molecule is CCc1ncccc1CNc1nc(Cl)nc2ncccc12. The van der Waals surface area contributed by atoms with Gasteiger partial charge in [-0.3, -0.25) is 4.98 Å². The minimum absolute atomic E-state index is 0.186. The van der Waals surface area contributed by atoms with Crippen molar-refractivity contribution < 1.29 is 0 Å². The van der Waals surface area contributed by atoms with Crippen LogP contribution in [0.4, 0.5) is 5.82 Å². The maximum Gasteiger partial charge on any atom is 0.226 e. The molecule has 3 aromatic heterocycles. The van der Waals surface area contributed by atoms with E-state index >= 15 is 0 Å². The van der Waals surface area contributed by atoms with E-state index in [2.05, 4.69) is 38.2 Å². The number of fused-ring (bicyclic) bond motifs is 1. The molecular weight excluding hydrogens is 286 g/mol. The first kappa shape index (κ1) is 13.7. The molecule has 0 aliphatic heterocycles. The van der Waals surface area contributed by atoms with Crippen molar-refractivity contribution in [2.45, 2.75) is 19.9 Å². The van der Waals surface area contributed by atoms with E-state index in [4.69, 9.17) is 11.6 Å². The second-order valence-electron chi connectivity index (χ2n) is 4.53. The maximum atomic E-state index is 5.95. The highest BCUT2D eigenvalue weighted by molar-refractivity contribution is 6.28. The van der Waals surface area contributed by atoms with E-state index in [1.807, 2.05) is 24.4 Å². The van der Waals surface area contributed by atoms with Crippen LogP contribution in [0.15, 0.2) is 36.7 Å². The van der Waals surface area contributed by atoms with Gasteiger partial charge in [0.15, 0.2) is 5.65 Å². The van der Waals surface area contributed by atoms with Gasteiger partial charge in [-0.2, -0.15) is 4.98 Å². The van der Waals surface area contributed by atoms with Crippen molar-refractivity contribution in [1.29, 1.82) is 0 Å². The quantitative estimate of drug-likeness (QED) is 0.749. The molecule has 5 nitrogen and oxygen atoms in total. The van der Waals surface area contributed by atoms with Crippen molar-refractivity contribution >= 4 is 28.5 Å². The highest BCUT2D eigenvalue weighted by Crippen LogP contribution is 2.21. The van der Waals surface area contributed by atoms with Crippen LogP contribution in [0, 0.1) is 0 Å². The standard InChI is InChI=1S/C15H14ClN5/c1-2-12-10(5-3-7-17-12)9-19-14-11-6-4-8-18-13(11)20-15(16)21-14/h3-8H,2,9H2,1H3,(H,18,19,20,21). The van der Waals surface area contributed by atoms with Crippen LogP contribution in [0.5, 0.6) is 0 Å². The molecule has 0 fully saturated rings. The molecular formula is C15H14ClN5. The fourth-order valence-corrected chi connectivity index (χ4v) is 2.36. The first-order chi connectivity index (χ1) is 10.3. The van der Waals surface area contributed by atoms with Crippen molar-refractivity contribution in [3.8, 4) is 0 Å². The summed E-state index contributed by atoms with van der Waals surface area (Å²) in [5.74, 6) is 0.684. The van der Waals surface area contributed by atoms with Gasteiger partial charge in [-0.25, -0.2) is 9.97 Å². The smallest absolute Gasteiger partial charge is 0.226 e. The summed E-state index contributed by atoms with van der Waals surface area (Å²) in [7, 11) is 0. The predicted octanol–water partition coefficient (Wildman–Crippen LogP) is 3.25. The molecule has 106 valence electrons. The van der Waals surface area contributed by atoms with Gasteiger partial charge in [0.2, 0.25) is 5.28 Å². The summed E-state index contributed by atoms with van der Waals surface area (Å²) in [5.41, 5.74) is 2.81. The molecule has 0 aliphatic rings. The normalized spacial score (nSPS) is 10.8. The average Bonchev–Trinajstić information content (AvgIpc) is 2.52. The van der Waals surface area contributed by atoms with Crippen LogP contribution >= 0.6 is 11.6 Å². The number of hydrogen-bond acceptors (Lipinski definition) is 5. The third kappa shape index (κ3) is 2.92. The minimum atomic E-state index is 0.186. The summed E-state index contributed by atoms with van der Waals surface area (Å²) in [6, 6.07) is 7.77. The molecule has 21 heavy (non-hydrogen) atoms. The summed E-state index contributed by atoms with van der Waals surface area (Å²) >= 11 is 5.95. The Bertz CT molecular complexity index is 775. The second-order valence-corrected chi connectivity index (χ2v) is 4.87. The summed E-state index contributed by atoms with van der Waals surface area (Å²) in [6.45, 7) is 2.72. The van der Waals surface area contributed by atoms with Gasteiger partial charge in [0.1, 0.15) is 5.82 Å². The second kappa shape index (κ2) is 6.01. The Labute approximate surface area is 127 Å². The Hall–Kier alpha value is -2.27. The highest BCUT2D eigenvalue weighted by atomic mass is 35.5. The number of aromatic nitrogens is 4. The Kier molecular flexibility index (Phi) is 3.92. The monoisotopic (exact) mass is 299 g/mol. The third-order valence-corrected chi connectivity index (χ3v) is 3.38. The first-order valence-electron chi connectivity index (χ1n) is 6.73. The number of aryl methyl sites for hydroxylation is 1. The van der Waals surface area contributed by atoms with Crippen molar-refractivity contribution in [3.05, 3.63) is 53.2 Å². The van der Waals surface area contributed by atoms with Gasteiger partial charge in [0, 0.05) is 24.6 Å². The summed E-state index contributed by atoms with van der Waals surface area (Å²) in [5, 5.41) is 4.34. The minimum Gasteiger partial charge on any atom is -0.365 e. The van der Waals surface area contributed by atoms with Crippen LogP contribution in [0.2, 0.25) is 5.28 Å². The van der Waals surface area contributed by atoms with Gasteiger partial charge in [-0.1, -0.05) is 13.0 Å². The largest absolute Gasteiger partial charge is 0.365 e. The van der Waals surface area contributed by atoms with Crippen LogP contribution in [0.1, 0.15) is 18.2 Å². The molecule has 1 N–H and O–H groups in total. The lowest BCUT2D eigenvalue weighted by atomic mass is 10.1. The van der Waals surface area contributed by atoms with E-state index in [0.717, 1.165) is 23.1 Å². The number of nitrogens with one attached hydrogen (secondary N) is 1. The highest BCUT2D eigenvalue weighted by Gasteiger charge is 2.08. The number of pyridine rings is 2. The van der Waals surface area contributed by atoms with Gasteiger partial charge in [-0.15, -0.1) is 0 Å². The molecule has 3 heterocycles. The number of halogens is 1. The summed E-state index contributed by atoms with van der Waals surface area (Å²) < 4.78 is 0. The lowest BCUT2D eigenvalue weighted by Crippen LogP contribution is -2.06. The zero-order valence-electron chi connectivity index (χ0n) is 11.5. The van der Waals surface area contributed by atoms with E-state index in [1.165, 1.54) is 0 Å². The Morgan fingerprint density at radius 2 is 1.90 bits per heavy atom. The molecule has 6 heteroatoms. The molecule has 0 unspecified atom stereocenters. The van der Waals surface area contributed by atoms with Gasteiger partial charge in [0.25, 0.3) is 0 Å². The van der Waals surface area contributed by atoms with Crippen molar-refractivity contribution in [2.24, 2.45) is 0 Å². The van der Waals surface area contributed by atoms with Crippen LogP contribution in [0.3, 0.4) is 0 Å². The molecule has 0 atom stereocenters. The van der Waals surface area contributed by atoms with Gasteiger partial charge >= 0.3 is 0 Å². The van der Waals surface area contributed by atoms with Crippen LogP contribution < -0.4 is 5.32 Å². The van der Waals surface area contributed by atoms with Crippen LogP contribution in [-0.2, 0) is 13.0 Å². The summed E-state index contributed by atoms with van der Waals surface area (Å²) in [4.78, 5) is 17.0. The molecule has 0 saturated carbocycles. The van der Waals surface area contributed by atoms with E-state index in [9.17, 15) is 0 Å². The van der Waals surface area contributed by atoms with Crippen molar-refractivity contribution in [3.63, 3.8) is 0 Å². The molecule has 3 aromatic rings. The van der Waals surface area contributed by atoms with Crippen molar-refractivity contribution in [2.75, 3.05) is 5.32 Å². The Morgan fingerprint density at radius 3 is 2.76 bits per heavy atom. The molecule has 0 saturated heterocycles. The van der Waals surface area contributed by atoms with Crippen LogP contribution in [0.25, 0.3) is 11.0 Å². The fourth-order valence-electron chi connectivity index (χ4n) is 2.20. The van der Waals surface area contributed by atoms with E-state index in [-0.39, 0.29) is 5.28 Å². The molecule has 0 spiro atoms.